The number of oxazole rings is 1. The molecule has 1 aromatic heterocycles. The highest BCUT2D eigenvalue weighted by Gasteiger charge is 2.24. The Labute approximate surface area is 144 Å². The molecule has 0 saturated carbocycles. The van der Waals surface area contributed by atoms with E-state index in [4.69, 9.17) is 4.42 Å². The summed E-state index contributed by atoms with van der Waals surface area (Å²) >= 11 is 0. The summed E-state index contributed by atoms with van der Waals surface area (Å²) in [5.41, 5.74) is 2.54. The SMILES string of the molecule is Cc1nc2ccc(C(=O)N3CCN(c4ccccc4F)CC3)cc2o1. The molecule has 0 N–H and O–H groups in total. The highest BCUT2D eigenvalue weighted by molar-refractivity contribution is 5.97. The molecule has 4 rings (SSSR count). The highest BCUT2D eigenvalue weighted by atomic mass is 19.1. The number of aromatic nitrogens is 1. The summed E-state index contributed by atoms with van der Waals surface area (Å²) in [6.45, 7) is 4.11. The van der Waals surface area contributed by atoms with Gasteiger partial charge in [-0.2, -0.15) is 0 Å². The summed E-state index contributed by atoms with van der Waals surface area (Å²) in [5.74, 6) is 0.315. The van der Waals surface area contributed by atoms with Crippen LogP contribution in [0.5, 0.6) is 0 Å². The van der Waals surface area contributed by atoms with Gasteiger partial charge in [-0.25, -0.2) is 9.37 Å². The molecule has 2 aromatic carbocycles. The predicted octanol–water partition coefficient (Wildman–Crippen LogP) is 3.24. The van der Waals surface area contributed by atoms with Gasteiger partial charge in [-0.05, 0) is 30.3 Å². The molecule has 0 bridgehead atoms. The molecule has 1 fully saturated rings. The molecular weight excluding hydrogens is 321 g/mol. The van der Waals surface area contributed by atoms with Crippen LogP contribution in [-0.2, 0) is 0 Å². The van der Waals surface area contributed by atoms with Crippen molar-refractivity contribution < 1.29 is 13.6 Å². The van der Waals surface area contributed by atoms with Crippen molar-refractivity contribution in [3.8, 4) is 0 Å². The Morgan fingerprint density at radius 2 is 1.88 bits per heavy atom. The number of halogens is 1. The van der Waals surface area contributed by atoms with E-state index in [0.29, 0.717) is 48.9 Å². The van der Waals surface area contributed by atoms with Crippen LogP contribution in [0.25, 0.3) is 11.1 Å². The first-order chi connectivity index (χ1) is 12.1. The lowest BCUT2D eigenvalue weighted by atomic mass is 10.1. The van der Waals surface area contributed by atoms with Crippen molar-refractivity contribution in [2.75, 3.05) is 31.1 Å². The number of hydrogen-bond donors (Lipinski definition) is 0. The minimum atomic E-state index is -0.228. The van der Waals surface area contributed by atoms with Crippen LogP contribution in [0, 0.1) is 12.7 Å². The van der Waals surface area contributed by atoms with Gasteiger partial charge in [0.1, 0.15) is 11.3 Å². The number of hydrogen-bond acceptors (Lipinski definition) is 4. The summed E-state index contributed by atoms with van der Waals surface area (Å²) in [5, 5.41) is 0. The summed E-state index contributed by atoms with van der Waals surface area (Å²) in [4.78, 5) is 20.7. The van der Waals surface area contributed by atoms with Crippen molar-refractivity contribution in [1.82, 2.24) is 9.88 Å². The Kier molecular flexibility index (Phi) is 3.87. The Morgan fingerprint density at radius 3 is 2.64 bits per heavy atom. The molecule has 25 heavy (non-hydrogen) atoms. The fraction of sp³-hybridized carbons (Fsp3) is 0.263. The maximum Gasteiger partial charge on any atom is 0.254 e. The molecule has 2 heterocycles. The number of benzene rings is 2. The van der Waals surface area contributed by atoms with Gasteiger partial charge in [-0.3, -0.25) is 4.79 Å². The summed E-state index contributed by atoms with van der Waals surface area (Å²) in [6, 6.07) is 12.0. The number of rotatable bonds is 2. The smallest absolute Gasteiger partial charge is 0.254 e. The van der Waals surface area contributed by atoms with Crippen LogP contribution in [0.15, 0.2) is 46.9 Å². The second-order valence-electron chi connectivity index (χ2n) is 6.15. The first-order valence-corrected chi connectivity index (χ1v) is 8.28. The molecular formula is C19H18FN3O2. The molecule has 6 heteroatoms. The third-order valence-electron chi connectivity index (χ3n) is 4.50. The average molecular weight is 339 g/mol. The molecule has 0 spiro atoms. The molecule has 5 nitrogen and oxygen atoms in total. The molecule has 1 aliphatic heterocycles. The van der Waals surface area contributed by atoms with Crippen molar-refractivity contribution >= 4 is 22.7 Å². The first-order valence-electron chi connectivity index (χ1n) is 8.28. The van der Waals surface area contributed by atoms with Gasteiger partial charge in [0.2, 0.25) is 0 Å². The van der Waals surface area contributed by atoms with E-state index >= 15 is 0 Å². The molecule has 128 valence electrons. The quantitative estimate of drug-likeness (QED) is 0.719. The minimum absolute atomic E-state index is 0.0378. The third-order valence-corrected chi connectivity index (χ3v) is 4.50. The van der Waals surface area contributed by atoms with Gasteiger partial charge in [0.05, 0.1) is 5.69 Å². The number of carbonyl (C=O) groups is 1. The van der Waals surface area contributed by atoms with E-state index in [-0.39, 0.29) is 11.7 Å². The van der Waals surface area contributed by atoms with Gasteiger partial charge < -0.3 is 14.2 Å². The molecule has 1 aliphatic rings. The standard InChI is InChI=1S/C19H18FN3O2/c1-13-21-16-7-6-14(12-18(16)25-13)19(24)23-10-8-22(9-11-23)17-5-3-2-4-15(17)20/h2-7,12H,8-11H2,1H3. The van der Waals surface area contributed by atoms with Crippen LogP contribution in [0.1, 0.15) is 16.2 Å². The average Bonchev–Trinajstić information content (AvgIpc) is 3.01. The number of nitrogens with zero attached hydrogens (tertiary/aromatic N) is 3. The largest absolute Gasteiger partial charge is 0.441 e. The Bertz CT molecular complexity index is 929. The van der Waals surface area contributed by atoms with Crippen LogP contribution in [0.4, 0.5) is 10.1 Å². The molecule has 0 aliphatic carbocycles. The summed E-state index contributed by atoms with van der Waals surface area (Å²) in [6.07, 6.45) is 0. The monoisotopic (exact) mass is 339 g/mol. The van der Waals surface area contributed by atoms with Crippen molar-refractivity contribution in [2.24, 2.45) is 0 Å². The van der Waals surface area contributed by atoms with Gasteiger partial charge in [-0.15, -0.1) is 0 Å². The van der Waals surface area contributed by atoms with Crippen molar-refractivity contribution in [2.45, 2.75) is 6.92 Å². The van der Waals surface area contributed by atoms with Gasteiger partial charge in [0.15, 0.2) is 11.5 Å². The van der Waals surface area contributed by atoms with Crippen molar-refractivity contribution in [3.05, 3.63) is 59.7 Å². The Hall–Kier alpha value is -2.89. The Morgan fingerprint density at radius 1 is 1.12 bits per heavy atom. The Balaban J connectivity index is 1.48. The highest BCUT2D eigenvalue weighted by Crippen LogP contribution is 2.22. The van der Waals surface area contributed by atoms with Gasteiger partial charge in [-0.1, -0.05) is 12.1 Å². The van der Waals surface area contributed by atoms with E-state index in [1.165, 1.54) is 6.07 Å². The summed E-state index contributed by atoms with van der Waals surface area (Å²) in [7, 11) is 0. The van der Waals surface area contributed by atoms with Crippen molar-refractivity contribution in [3.63, 3.8) is 0 Å². The normalized spacial score (nSPS) is 15.0. The number of amides is 1. The lowest BCUT2D eigenvalue weighted by molar-refractivity contribution is 0.0746. The fourth-order valence-electron chi connectivity index (χ4n) is 3.21. The fourth-order valence-corrected chi connectivity index (χ4v) is 3.21. The lowest BCUT2D eigenvalue weighted by Gasteiger charge is -2.36. The maximum atomic E-state index is 13.9. The van der Waals surface area contributed by atoms with Gasteiger partial charge >= 0.3 is 0 Å². The number of piperazine rings is 1. The van der Waals surface area contributed by atoms with E-state index in [1.54, 1.807) is 42.2 Å². The van der Waals surface area contributed by atoms with E-state index in [9.17, 15) is 9.18 Å². The maximum absolute atomic E-state index is 13.9. The third kappa shape index (κ3) is 2.95. The van der Waals surface area contributed by atoms with Crippen LogP contribution in [0.3, 0.4) is 0 Å². The number of anilines is 1. The molecule has 0 atom stereocenters. The number of aryl methyl sites for hydroxylation is 1. The first kappa shape index (κ1) is 15.6. The van der Waals surface area contributed by atoms with Crippen LogP contribution < -0.4 is 4.90 Å². The zero-order chi connectivity index (χ0) is 17.4. The second kappa shape index (κ2) is 6.20. The molecule has 3 aromatic rings. The van der Waals surface area contributed by atoms with E-state index in [1.807, 2.05) is 11.0 Å². The number of carbonyl (C=O) groups excluding carboxylic acids is 1. The van der Waals surface area contributed by atoms with Crippen LogP contribution >= 0.6 is 0 Å². The van der Waals surface area contributed by atoms with Gasteiger partial charge in [0, 0.05) is 38.7 Å². The zero-order valence-electron chi connectivity index (χ0n) is 13.9. The van der Waals surface area contributed by atoms with Crippen molar-refractivity contribution in [1.29, 1.82) is 0 Å². The molecule has 1 saturated heterocycles. The minimum Gasteiger partial charge on any atom is -0.441 e. The molecule has 0 radical (unpaired) electrons. The number of fused-ring (bicyclic) bond motifs is 1. The van der Waals surface area contributed by atoms with E-state index < -0.39 is 0 Å². The van der Waals surface area contributed by atoms with E-state index in [2.05, 4.69) is 4.98 Å². The van der Waals surface area contributed by atoms with Gasteiger partial charge in [0.25, 0.3) is 5.91 Å². The van der Waals surface area contributed by atoms with Crippen LogP contribution in [-0.4, -0.2) is 42.0 Å². The zero-order valence-corrected chi connectivity index (χ0v) is 13.9. The predicted molar refractivity (Wildman–Crippen MR) is 93.3 cm³/mol. The van der Waals surface area contributed by atoms with E-state index in [0.717, 1.165) is 5.52 Å². The molecule has 1 amide bonds. The molecule has 0 unspecified atom stereocenters. The summed E-state index contributed by atoms with van der Waals surface area (Å²) < 4.78 is 19.4. The number of para-hydroxylation sites is 1. The van der Waals surface area contributed by atoms with Crippen LogP contribution in [0.2, 0.25) is 0 Å². The second-order valence-corrected chi connectivity index (χ2v) is 6.15. The lowest BCUT2D eigenvalue weighted by Crippen LogP contribution is -2.49. The topological polar surface area (TPSA) is 49.6 Å².